The van der Waals surface area contributed by atoms with E-state index < -0.39 is 5.54 Å². The minimum Gasteiger partial charge on any atom is -0.487 e. The van der Waals surface area contributed by atoms with Gasteiger partial charge in [-0.1, -0.05) is 32.0 Å². The Morgan fingerprint density at radius 1 is 1.31 bits per heavy atom. The van der Waals surface area contributed by atoms with Gasteiger partial charge in [0.1, 0.15) is 11.4 Å². The van der Waals surface area contributed by atoms with E-state index >= 15 is 0 Å². The quantitative estimate of drug-likeness (QED) is 0.558. The SMILES string of the molecule is CCC1(CC)CC(=O)N(C(CCOC)C2CC2C(=O)NC2CC(C)(C)Oc3ccccc32)C(N)=N1. The molecular formula is C27H40N4O4. The second-order valence-corrected chi connectivity index (χ2v) is 10.9. The van der Waals surface area contributed by atoms with Crippen LogP contribution in [-0.2, 0) is 14.3 Å². The molecule has 3 aliphatic rings. The van der Waals surface area contributed by atoms with Crippen molar-refractivity contribution in [2.24, 2.45) is 22.6 Å². The van der Waals surface area contributed by atoms with Crippen LogP contribution >= 0.6 is 0 Å². The van der Waals surface area contributed by atoms with Crippen LogP contribution in [0.25, 0.3) is 0 Å². The number of methoxy groups -OCH3 is 1. The van der Waals surface area contributed by atoms with Crippen LogP contribution in [0.3, 0.4) is 0 Å². The number of aliphatic imine (C=N–C) groups is 1. The summed E-state index contributed by atoms with van der Waals surface area (Å²) < 4.78 is 11.5. The van der Waals surface area contributed by atoms with Crippen molar-refractivity contribution in [3.63, 3.8) is 0 Å². The summed E-state index contributed by atoms with van der Waals surface area (Å²) >= 11 is 0. The van der Waals surface area contributed by atoms with Gasteiger partial charge >= 0.3 is 0 Å². The lowest BCUT2D eigenvalue weighted by atomic mass is 9.87. The van der Waals surface area contributed by atoms with E-state index in [4.69, 9.17) is 20.2 Å². The van der Waals surface area contributed by atoms with Gasteiger partial charge in [-0.25, -0.2) is 4.99 Å². The van der Waals surface area contributed by atoms with Crippen molar-refractivity contribution in [1.29, 1.82) is 0 Å². The summed E-state index contributed by atoms with van der Waals surface area (Å²) in [4.78, 5) is 33.1. The molecule has 2 aliphatic heterocycles. The van der Waals surface area contributed by atoms with Gasteiger partial charge in [0.25, 0.3) is 0 Å². The van der Waals surface area contributed by atoms with Gasteiger partial charge < -0.3 is 20.5 Å². The van der Waals surface area contributed by atoms with Crippen molar-refractivity contribution in [3.8, 4) is 5.75 Å². The largest absolute Gasteiger partial charge is 0.487 e. The Kier molecular flexibility index (Phi) is 7.13. The molecule has 3 N–H and O–H groups in total. The standard InChI is InChI=1S/C27H40N4O4/c1-6-27(7-2)16-23(32)31(25(28)30-27)21(12-13-34-5)18-14-19(18)24(33)29-20-15-26(3,4)35-22-11-9-8-10-17(20)22/h8-11,18-21H,6-7,12-16H2,1-5H3,(H2,28,30)(H,29,33). The van der Waals surface area contributed by atoms with Gasteiger partial charge in [0.15, 0.2) is 5.96 Å². The molecule has 2 heterocycles. The lowest BCUT2D eigenvalue weighted by molar-refractivity contribution is -0.133. The summed E-state index contributed by atoms with van der Waals surface area (Å²) in [5, 5.41) is 3.28. The van der Waals surface area contributed by atoms with Crippen LogP contribution in [0.5, 0.6) is 5.75 Å². The Morgan fingerprint density at radius 3 is 2.69 bits per heavy atom. The number of carbonyl (C=O) groups excluding carboxylic acids is 2. The maximum atomic E-state index is 13.4. The minimum atomic E-state index is -0.424. The fourth-order valence-electron chi connectivity index (χ4n) is 5.77. The Balaban J connectivity index is 1.50. The predicted octanol–water partition coefficient (Wildman–Crippen LogP) is 3.55. The first-order valence-corrected chi connectivity index (χ1v) is 12.9. The van der Waals surface area contributed by atoms with Crippen molar-refractivity contribution in [2.75, 3.05) is 13.7 Å². The number of hydrogen-bond acceptors (Lipinski definition) is 6. The number of nitrogens with one attached hydrogen (secondary N) is 1. The first kappa shape index (κ1) is 25.5. The summed E-state index contributed by atoms with van der Waals surface area (Å²) in [6.45, 7) is 8.66. The molecule has 0 saturated heterocycles. The van der Waals surface area contributed by atoms with Crippen LogP contribution in [-0.4, -0.2) is 53.6 Å². The van der Waals surface area contributed by atoms with E-state index in [1.165, 1.54) is 0 Å². The Bertz CT molecular complexity index is 987. The number of para-hydroxylation sites is 1. The third-order valence-electron chi connectivity index (χ3n) is 7.98. The minimum absolute atomic E-state index is 0.00605. The van der Waals surface area contributed by atoms with E-state index in [9.17, 15) is 9.59 Å². The van der Waals surface area contributed by atoms with Crippen LogP contribution in [0.15, 0.2) is 29.3 Å². The van der Waals surface area contributed by atoms with E-state index in [1.54, 1.807) is 12.0 Å². The van der Waals surface area contributed by atoms with Crippen LogP contribution in [0.2, 0.25) is 0 Å². The first-order valence-electron chi connectivity index (χ1n) is 12.9. The number of nitrogens with two attached hydrogens (primary N) is 1. The highest BCUT2D eigenvalue weighted by molar-refractivity contribution is 5.99. The molecule has 8 nitrogen and oxygen atoms in total. The molecule has 0 bridgehead atoms. The maximum Gasteiger partial charge on any atom is 0.231 e. The van der Waals surface area contributed by atoms with Crippen LogP contribution in [0.1, 0.15) is 77.8 Å². The molecular weight excluding hydrogens is 444 g/mol. The van der Waals surface area contributed by atoms with E-state index in [0.717, 1.165) is 30.6 Å². The molecule has 0 aromatic heterocycles. The lowest BCUT2D eigenvalue weighted by Gasteiger charge is -2.40. The van der Waals surface area contributed by atoms with Gasteiger partial charge in [-0.3, -0.25) is 14.5 Å². The van der Waals surface area contributed by atoms with Crippen molar-refractivity contribution in [1.82, 2.24) is 10.2 Å². The van der Waals surface area contributed by atoms with Crippen molar-refractivity contribution >= 4 is 17.8 Å². The topological polar surface area (TPSA) is 106 Å². The van der Waals surface area contributed by atoms with E-state index in [1.807, 2.05) is 52.0 Å². The number of ether oxygens (including phenoxy) is 2. The lowest BCUT2D eigenvalue weighted by Crippen LogP contribution is -2.56. The summed E-state index contributed by atoms with van der Waals surface area (Å²) in [5.41, 5.74) is 6.60. The monoisotopic (exact) mass is 484 g/mol. The number of benzene rings is 1. The summed E-state index contributed by atoms with van der Waals surface area (Å²) in [6.07, 6.45) is 3.92. The number of hydrogen-bond donors (Lipinski definition) is 2. The summed E-state index contributed by atoms with van der Waals surface area (Å²) in [7, 11) is 1.65. The number of amides is 2. The molecule has 0 radical (unpaired) electrons. The summed E-state index contributed by atoms with van der Waals surface area (Å²) in [5.74, 6) is 0.968. The maximum absolute atomic E-state index is 13.4. The molecule has 4 rings (SSSR count). The highest BCUT2D eigenvalue weighted by Crippen LogP contribution is 2.47. The van der Waals surface area contributed by atoms with Crippen LogP contribution in [0, 0.1) is 11.8 Å². The van der Waals surface area contributed by atoms with E-state index in [0.29, 0.717) is 25.9 Å². The fraction of sp³-hybridized carbons (Fsp3) is 0.667. The van der Waals surface area contributed by atoms with Gasteiger partial charge in [-0.05, 0) is 51.5 Å². The van der Waals surface area contributed by atoms with Crippen molar-refractivity contribution in [3.05, 3.63) is 29.8 Å². The Hall–Kier alpha value is -2.61. The van der Waals surface area contributed by atoms with E-state index in [-0.39, 0.29) is 47.3 Å². The second kappa shape index (κ2) is 9.80. The van der Waals surface area contributed by atoms with Crippen molar-refractivity contribution < 1.29 is 19.1 Å². The fourth-order valence-corrected chi connectivity index (χ4v) is 5.77. The van der Waals surface area contributed by atoms with Gasteiger partial charge in [0, 0.05) is 37.7 Å². The molecule has 1 aromatic carbocycles. The predicted molar refractivity (Wildman–Crippen MR) is 135 cm³/mol. The Morgan fingerprint density at radius 2 is 2.03 bits per heavy atom. The van der Waals surface area contributed by atoms with Crippen LogP contribution < -0.4 is 15.8 Å². The smallest absolute Gasteiger partial charge is 0.231 e. The molecule has 1 aliphatic carbocycles. The van der Waals surface area contributed by atoms with Crippen LogP contribution in [0.4, 0.5) is 0 Å². The molecule has 2 amide bonds. The molecule has 35 heavy (non-hydrogen) atoms. The number of guanidine groups is 1. The average molecular weight is 485 g/mol. The third kappa shape index (κ3) is 5.17. The van der Waals surface area contributed by atoms with Crippen molar-refractivity contribution in [2.45, 2.75) is 89.4 Å². The highest BCUT2D eigenvalue weighted by Gasteiger charge is 2.53. The molecule has 4 atom stereocenters. The third-order valence-corrected chi connectivity index (χ3v) is 7.98. The molecule has 8 heteroatoms. The number of fused-ring (bicyclic) bond motifs is 1. The second-order valence-electron chi connectivity index (χ2n) is 10.9. The first-order chi connectivity index (χ1) is 16.6. The summed E-state index contributed by atoms with van der Waals surface area (Å²) in [6, 6.07) is 7.57. The molecule has 1 saturated carbocycles. The molecule has 4 unspecified atom stereocenters. The normalized spacial score (nSPS) is 27.3. The number of rotatable bonds is 9. The van der Waals surface area contributed by atoms with Gasteiger partial charge in [0.2, 0.25) is 11.8 Å². The zero-order valence-electron chi connectivity index (χ0n) is 21.7. The highest BCUT2D eigenvalue weighted by atomic mass is 16.5. The van der Waals surface area contributed by atoms with Gasteiger partial charge in [0.05, 0.1) is 18.0 Å². The number of carbonyl (C=O) groups is 2. The molecule has 0 spiro atoms. The Labute approximate surface area is 208 Å². The zero-order valence-corrected chi connectivity index (χ0v) is 21.7. The molecule has 192 valence electrons. The molecule has 1 fully saturated rings. The molecule has 1 aromatic rings. The number of nitrogens with zero attached hydrogens (tertiary/aromatic N) is 2. The van der Waals surface area contributed by atoms with Gasteiger partial charge in [-0.2, -0.15) is 0 Å². The zero-order chi connectivity index (χ0) is 25.4. The average Bonchev–Trinajstić information content (AvgIpc) is 3.60. The van der Waals surface area contributed by atoms with E-state index in [2.05, 4.69) is 5.32 Å². The van der Waals surface area contributed by atoms with Gasteiger partial charge in [-0.15, -0.1) is 0 Å².